The molecule has 1 aliphatic heterocycles. The summed E-state index contributed by atoms with van der Waals surface area (Å²) in [6.07, 6.45) is 1.67. The molecule has 0 spiro atoms. The predicted octanol–water partition coefficient (Wildman–Crippen LogP) is 4.77. The molecule has 0 N–H and O–H groups in total. The van der Waals surface area contributed by atoms with E-state index in [9.17, 15) is 14.4 Å². The fraction of sp³-hybridized carbons (Fsp3) is 0.217. The van der Waals surface area contributed by atoms with Crippen LogP contribution in [-0.4, -0.2) is 28.4 Å². The molecule has 1 fully saturated rings. The number of hydrogen-bond acceptors (Lipinski definition) is 5. The Labute approximate surface area is 174 Å². The second-order valence-corrected chi connectivity index (χ2v) is 8.75. The Morgan fingerprint density at radius 3 is 2.24 bits per heavy atom. The first-order chi connectivity index (χ1) is 13.7. The summed E-state index contributed by atoms with van der Waals surface area (Å²) in [5.74, 6) is -0.825. The number of carbonyl (C=O) groups excluding carboxylic acids is 3. The standard InChI is InChI=1S/C23H20N2O3S/c1-23(2,3)18-10-6-15(7-11-18)12-20-21(27)25(22(28)29-20)14-19(26)17-8-4-16(13-24)5-9-17/h4-12H,14H2,1-3H3. The number of thioether (sulfide) groups is 1. The Morgan fingerprint density at radius 2 is 1.69 bits per heavy atom. The molecule has 0 saturated carbocycles. The molecule has 2 amide bonds. The fourth-order valence-electron chi connectivity index (χ4n) is 2.83. The van der Waals surface area contributed by atoms with Crippen molar-refractivity contribution in [3.63, 3.8) is 0 Å². The highest BCUT2D eigenvalue weighted by Gasteiger charge is 2.36. The number of ketones is 1. The molecule has 1 heterocycles. The number of nitriles is 1. The van der Waals surface area contributed by atoms with Gasteiger partial charge in [0.25, 0.3) is 11.1 Å². The van der Waals surface area contributed by atoms with Crippen LogP contribution in [0, 0.1) is 11.3 Å². The maximum Gasteiger partial charge on any atom is 0.293 e. The number of hydrogen-bond donors (Lipinski definition) is 0. The van der Waals surface area contributed by atoms with Crippen LogP contribution in [0.4, 0.5) is 4.79 Å². The second-order valence-electron chi connectivity index (χ2n) is 7.75. The van der Waals surface area contributed by atoms with Crippen molar-refractivity contribution in [1.29, 1.82) is 5.26 Å². The number of nitrogens with zero attached hydrogens (tertiary/aromatic N) is 2. The number of benzene rings is 2. The van der Waals surface area contributed by atoms with Gasteiger partial charge in [-0.2, -0.15) is 5.26 Å². The molecule has 1 saturated heterocycles. The Balaban J connectivity index is 1.74. The molecule has 0 unspecified atom stereocenters. The largest absolute Gasteiger partial charge is 0.293 e. The highest BCUT2D eigenvalue weighted by molar-refractivity contribution is 8.18. The van der Waals surface area contributed by atoms with Gasteiger partial charge in [-0.05, 0) is 46.5 Å². The van der Waals surface area contributed by atoms with Gasteiger partial charge in [0.1, 0.15) is 0 Å². The Morgan fingerprint density at radius 1 is 1.07 bits per heavy atom. The lowest BCUT2D eigenvalue weighted by Gasteiger charge is -2.18. The number of amides is 2. The molecule has 2 aromatic carbocycles. The summed E-state index contributed by atoms with van der Waals surface area (Å²) < 4.78 is 0. The van der Waals surface area contributed by atoms with Gasteiger partial charge in [-0.1, -0.05) is 57.2 Å². The molecule has 0 aliphatic carbocycles. The third-order valence-electron chi connectivity index (χ3n) is 4.59. The molecule has 6 heteroatoms. The van der Waals surface area contributed by atoms with Crippen molar-refractivity contribution in [2.75, 3.05) is 6.54 Å². The lowest BCUT2D eigenvalue weighted by Crippen LogP contribution is -2.33. The summed E-state index contributed by atoms with van der Waals surface area (Å²) in [6, 6.07) is 15.9. The number of rotatable bonds is 4. The number of carbonyl (C=O) groups is 3. The fourth-order valence-corrected chi connectivity index (χ4v) is 3.67. The van der Waals surface area contributed by atoms with E-state index in [1.165, 1.54) is 29.8 Å². The SMILES string of the molecule is CC(C)(C)c1ccc(C=C2SC(=O)N(CC(=O)c3ccc(C#N)cc3)C2=O)cc1. The smallest absolute Gasteiger partial charge is 0.292 e. The van der Waals surface area contributed by atoms with Crippen LogP contribution in [0.15, 0.2) is 53.4 Å². The second kappa shape index (κ2) is 8.06. The molecule has 0 aromatic heterocycles. The van der Waals surface area contributed by atoms with Gasteiger partial charge in [0.15, 0.2) is 5.78 Å². The maximum atomic E-state index is 12.6. The summed E-state index contributed by atoms with van der Waals surface area (Å²) in [6.45, 7) is 6.05. The molecule has 0 radical (unpaired) electrons. The van der Waals surface area contributed by atoms with Crippen LogP contribution in [0.5, 0.6) is 0 Å². The van der Waals surface area contributed by atoms with Gasteiger partial charge in [-0.15, -0.1) is 0 Å². The van der Waals surface area contributed by atoms with Crippen LogP contribution in [-0.2, 0) is 10.2 Å². The number of Topliss-reactive ketones (excluding diaryl/α,β-unsaturated/α-hetero) is 1. The minimum atomic E-state index is -0.470. The first kappa shape index (κ1) is 20.6. The van der Waals surface area contributed by atoms with Crippen molar-refractivity contribution in [3.8, 4) is 6.07 Å². The van der Waals surface area contributed by atoms with Gasteiger partial charge in [-0.3, -0.25) is 19.3 Å². The highest BCUT2D eigenvalue weighted by atomic mass is 32.2. The topological polar surface area (TPSA) is 78.2 Å². The van der Waals surface area contributed by atoms with E-state index in [0.717, 1.165) is 22.2 Å². The van der Waals surface area contributed by atoms with Crippen molar-refractivity contribution < 1.29 is 14.4 Å². The third kappa shape index (κ3) is 4.64. The quantitative estimate of drug-likeness (QED) is 0.541. The van der Waals surface area contributed by atoms with Crippen molar-refractivity contribution in [1.82, 2.24) is 4.90 Å². The van der Waals surface area contributed by atoms with E-state index >= 15 is 0 Å². The molecular weight excluding hydrogens is 384 g/mol. The maximum absolute atomic E-state index is 12.6. The Hall–Kier alpha value is -3.17. The minimum absolute atomic E-state index is 0.0299. The predicted molar refractivity (Wildman–Crippen MR) is 113 cm³/mol. The van der Waals surface area contributed by atoms with Crippen LogP contribution >= 0.6 is 11.8 Å². The van der Waals surface area contributed by atoms with Crippen LogP contribution in [0.25, 0.3) is 6.08 Å². The molecule has 2 aromatic rings. The lowest BCUT2D eigenvalue weighted by atomic mass is 9.87. The highest BCUT2D eigenvalue weighted by Crippen LogP contribution is 2.32. The molecule has 0 bridgehead atoms. The molecule has 0 atom stereocenters. The summed E-state index contributed by atoms with van der Waals surface area (Å²) in [5.41, 5.74) is 2.82. The zero-order valence-electron chi connectivity index (χ0n) is 16.4. The Kier molecular flexibility index (Phi) is 5.71. The van der Waals surface area contributed by atoms with E-state index in [4.69, 9.17) is 5.26 Å². The van der Waals surface area contributed by atoms with Gasteiger partial charge < -0.3 is 0 Å². The van der Waals surface area contributed by atoms with E-state index in [1.807, 2.05) is 30.3 Å². The summed E-state index contributed by atoms with van der Waals surface area (Å²) in [7, 11) is 0. The van der Waals surface area contributed by atoms with Crippen LogP contribution in [0.2, 0.25) is 0 Å². The van der Waals surface area contributed by atoms with E-state index in [2.05, 4.69) is 20.8 Å². The number of imide groups is 1. The molecule has 3 rings (SSSR count). The van der Waals surface area contributed by atoms with Crippen molar-refractivity contribution >= 4 is 34.8 Å². The average Bonchev–Trinajstić information content (AvgIpc) is 2.95. The van der Waals surface area contributed by atoms with Crippen molar-refractivity contribution in [3.05, 3.63) is 75.7 Å². The van der Waals surface area contributed by atoms with Crippen molar-refractivity contribution in [2.24, 2.45) is 0 Å². The summed E-state index contributed by atoms with van der Waals surface area (Å²) >= 11 is 0.833. The van der Waals surface area contributed by atoms with E-state index in [0.29, 0.717) is 16.0 Å². The molecule has 5 nitrogen and oxygen atoms in total. The summed E-state index contributed by atoms with van der Waals surface area (Å²) in [4.78, 5) is 38.6. The first-order valence-electron chi connectivity index (χ1n) is 9.08. The molecular formula is C23H20N2O3S. The zero-order chi connectivity index (χ0) is 21.2. The Bertz CT molecular complexity index is 1040. The first-order valence-corrected chi connectivity index (χ1v) is 9.90. The van der Waals surface area contributed by atoms with E-state index in [-0.39, 0.29) is 17.7 Å². The molecule has 1 aliphatic rings. The van der Waals surface area contributed by atoms with Gasteiger partial charge in [0.2, 0.25) is 0 Å². The van der Waals surface area contributed by atoms with Crippen LogP contribution in [0.1, 0.15) is 47.8 Å². The minimum Gasteiger partial charge on any atom is -0.292 e. The van der Waals surface area contributed by atoms with Gasteiger partial charge in [0.05, 0.1) is 23.1 Å². The molecule has 29 heavy (non-hydrogen) atoms. The molecule has 146 valence electrons. The lowest BCUT2D eigenvalue weighted by molar-refractivity contribution is -0.122. The average molecular weight is 404 g/mol. The third-order valence-corrected chi connectivity index (χ3v) is 5.49. The van der Waals surface area contributed by atoms with Gasteiger partial charge >= 0.3 is 0 Å². The van der Waals surface area contributed by atoms with Crippen molar-refractivity contribution in [2.45, 2.75) is 26.2 Å². The normalized spacial score (nSPS) is 15.7. The van der Waals surface area contributed by atoms with Gasteiger partial charge in [0, 0.05) is 5.56 Å². The van der Waals surface area contributed by atoms with E-state index < -0.39 is 11.1 Å². The monoisotopic (exact) mass is 404 g/mol. The summed E-state index contributed by atoms with van der Waals surface area (Å²) in [5, 5.41) is 8.37. The van der Waals surface area contributed by atoms with E-state index in [1.54, 1.807) is 6.08 Å². The van der Waals surface area contributed by atoms with Crippen LogP contribution < -0.4 is 0 Å². The zero-order valence-corrected chi connectivity index (χ0v) is 17.2. The van der Waals surface area contributed by atoms with Crippen LogP contribution in [0.3, 0.4) is 0 Å². The van der Waals surface area contributed by atoms with Gasteiger partial charge in [-0.25, -0.2) is 0 Å².